The van der Waals surface area contributed by atoms with E-state index in [2.05, 4.69) is 34.7 Å². The second-order valence-electron chi connectivity index (χ2n) is 6.27. The van der Waals surface area contributed by atoms with Gasteiger partial charge in [0.25, 0.3) is 0 Å². The molecular weight excluding hydrogens is 380 g/mol. The molecule has 8 heteroatoms. The van der Waals surface area contributed by atoms with Crippen LogP contribution in [0.15, 0.2) is 54.6 Å². The number of para-hydroxylation sites is 1. The number of nitrogens with one attached hydrogen (secondary N) is 2. The fourth-order valence-corrected chi connectivity index (χ4v) is 3.19. The summed E-state index contributed by atoms with van der Waals surface area (Å²) in [5, 5.41) is 6.78. The molecule has 0 radical (unpaired) electrons. The van der Waals surface area contributed by atoms with Crippen LogP contribution in [0.25, 0.3) is 0 Å². The molecule has 0 atom stereocenters. The van der Waals surface area contributed by atoms with Crippen molar-refractivity contribution < 1.29 is 8.42 Å². The van der Waals surface area contributed by atoms with Crippen LogP contribution >= 0.6 is 12.2 Å². The van der Waals surface area contributed by atoms with Crippen LogP contribution in [-0.4, -0.2) is 47.0 Å². The van der Waals surface area contributed by atoms with Crippen LogP contribution < -0.4 is 19.8 Å². The van der Waals surface area contributed by atoms with E-state index in [1.807, 2.05) is 24.3 Å². The summed E-state index contributed by atoms with van der Waals surface area (Å²) in [6, 6.07) is 17.3. The van der Waals surface area contributed by atoms with Gasteiger partial charge in [0, 0.05) is 38.6 Å². The zero-order chi connectivity index (χ0) is 19.9. The number of hydrogen-bond acceptors (Lipinski definition) is 4. The van der Waals surface area contributed by atoms with Crippen molar-refractivity contribution in [3.8, 4) is 0 Å². The van der Waals surface area contributed by atoms with Crippen molar-refractivity contribution >= 4 is 44.4 Å². The lowest BCUT2D eigenvalue weighted by Crippen LogP contribution is -2.31. The van der Waals surface area contributed by atoms with Crippen LogP contribution in [0.1, 0.15) is 6.42 Å². The van der Waals surface area contributed by atoms with Crippen LogP contribution in [0.3, 0.4) is 0 Å². The van der Waals surface area contributed by atoms with Crippen molar-refractivity contribution in [2.24, 2.45) is 0 Å². The molecule has 0 aliphatic carbocycles. The minimum Gasteiger partial charge on any atom is -0.375 e. The molecule has 6 nitrogen and oxygen atoms in total. The first-order valence-corrected chi connectivity index (χ1v) is 10.9. The average molecular weight is 407 g/mol. The summed E-state index contributed by atoms with van der Waals surface area (Å²) in [6.07, 6.45) is 2.11. The number of nitrogens with zero attached hydrogens (tertiary/aromatic N) is 2. The molecule has 0 heterocycles. The van der Waals surface area contributed by atoms with Crippen LogP contribution in [0.5, 0.6) is 0 Å². The summed E-state index contributed by atoms with van der Waals surface area (Å²) in [7, 11) is 0.290. The average Bonchev–Trinajstić information content (AvgIpc) is 2.64. The molecule has 0 spiro atoms. The van der Waals surface area contributed by atoms with E-state index < -0.39 is 10.0 Å². The lowest BCUT2D eigenvalue weighted by atomic mass is 10.3. The first-order chi connectivity index (χ1) is 12.8. The molecular formula is C19H26N4O2S2. The van der Waals surface area contributed by atoms with Crippen LogP contribution in [0, 0.1) is 0 Å². The minimum atomic E-state index is -3.30. The highest BCUT2D eigenvalue weighted by Crippen LogP contribution is 2.20. The van der Waals surface area contributed by atoms with Crippen LogP contribution in [0.2, 0.25) is 0 Å². The Morgan fingerprint density at radius 1 is 1.04 bits per heavy atom. The summed E-state index contributed by atoms with van der Waals surface area (Å²) < 4.78 is 24.6. The Labute approximate surface area is 167 Å². The number of benzene rings is 2. The van der Waals surface area contributed by atoms with Gasteiger partial charge >= 0.3 is 0 Å². The fraction of sp³-hybridized carbons (Fsp3) is 0.316. The van der Waals surface area contributed by atoms with Gasteiger partial charge in [0.15, 0.2) is 5.11 Å². The minimum absolute atomic E-state index is 0.511. The Morgan fingerprint density at radius 2 is 1.70 bits per heavy atom. The highest BCUT2D eigenvalue weighted by Gasteiger charge is 2.12. The van der Waals surface area contributed by atoms with Crippen molar-refractivity contribution in [3.05, 3.63) is 54.6 Å². The summed E-state index contributed by atoms with van der Waals surface area (Å²) in [6.45, 7) is 1.65. The van der Waals surface area contributed by atoms with E-state index in [0.29, 0.717) is 10.8 Å². The Hall–Kier alpha value is -2.32. The van der Waals surface area contributed by atoms with Gasteiger partial charge in [-0.25, -0.2) is 8.42 Å². The predicted octanol–water partition coefficient (Wildman–Crippen LogP) is 2.90. The van der Waals surface area contributed by atoms with Gasteiger partial charge in [-0.1, -0.05) is 24.3 Å². The predicted molar refractivity (Wildman–Crippen MR) is 118 cm³/mol. The first-order valence-electron chi connectivity index (χ1n) is 8.62. The fourth-order valence-electron chi connectivity index (χ4n) is 2.48. The smallest absolute Gasteiger partial charge is 0.231 e. The highest BCUT2D eigenvalue weighted by molar-refractivity contribution is 7.92. The standard InChI is InChI=1S/C19H26N4O2S2/c1-22(17-10-5-4-6-11-17)14-8-13-20-19(26)21-16-9-7-12-18(15-16)23(2)27(3,24)25/h4-7,9-12,15H,8,13-14H2,1-3H3,(H2,20,21,26). The van der Waals surface area contributed by atoms with Gasteiger partial charge in [-0.05, 0) is 49.0 Å². The molecule has 0 fully saturated rings. The molecule has 2 N–H and O–H groups in total. The molecule has 146 valence electrons. The summed E-state index contributed by atoms with van der Waals surface area (Å²) in [5.74, 6) is 0. The lowest BCUT2D eigenvalue weighted by Gasteiger charge is -2.20. The third-order valence-corrected chi connectivity index (χ3v) is 5.57. The summed E-state index contributed by atoms with van der Waals surface area (Å²) in [4.78, 5) is 2.20. The van der Waals surface area contributed by atoms with Gasteiger partial charge in [-0.3, -0.25) is 4.31 Å². The van der Waals surface area contributed by atoms with E-state index in [9.17, 15) is 8.42 Å². The topological polar surface area (TPSA) is 64.7 Å². The lowest BCUT2D eigenvalue weighted by molar-refractivity contribution is 0.600. The van der Waals surface area contributed by atoms with Gasteiger partial charge in [-0.15, -0.1) is 0 Å². The SMILES string of the molecule is CN(CCCNC(=S)Nc1cccc(N(C)S(C)(=O)=O)c1)c1ccccc1. The molecule has 0 aliphatic rings. The summed E-state index contributed by atoms with van der Waals surface area (Å²) in [5.41, 5.74) is 2.50. The molecule has 0 saturated carbocycles. The first kappa shape index (κ1) is 21.0. The molecule has 2 aromatic rings. The number of hydrogen-bond donors (Lipinski definition) is 2. The van der Waals surface area contributed by atoms with Crippen molar-refractivity contribution in [2.45, 2.75) is 6.42 Å². The molecule has 0 aromatic heterocycles. The molecule has 2 rings (SSSR count). The van der Waals surface area contributed by atoms with Gasteiger partial charge in [0.05, 0.1) is 11.9 Å². The summed E-state index contributed by atoms with van der Waals surface area (Å²) >= 11 is 5.32. The van der Waals surface area contributed by atoms with Crippen LogP contribution in [0.4, 0.5) is 17.1 Å². The van der Waals surface area contributed by atoms with E-state index in [4.69, 9.17) is 12.2 Å². The molecule has 0 unspecified atom stereocenters. The zero-order valence-corrected chi connectivity index (χ0v) is 17.5. The maximum Gasteiger partial charge on any atom is 0.231 e. The Morgan fingerprint density at radius 3 is 2.37 bits per heavy atom. The number of thiocarbonyl (C=S) groups is 1. The van der Waals surface area contributed by atoms with E-state index in [-0.39, 0.29) is 0 Å². The number of anilines is 3. The van der Waals surface area contributed by atoms with Crippen molar-refractivity contribution in [1.82, 2.24) is 5.32 Å². The second-order valence-corrected chi connectivity index (χ2v) is 8.69. The highest BCUT2D eigenvalue weighted by atomic mass is 32.2. The van der Waals surface area contributed by atoms with Crippen molar-refractivity contribution in [1.29, 1.82) is 0 Å². The zero-order valence-electron chi connectivity index (χ0n) is 15.8. The van der Waals surface area contributed by atoms with Crippen molar-refractivity contribution in [3.63, 3.8) is 0 Å². The van der Waals surface area contributed by atoms with Crippen LogP contribution in [-0.2, 0) is 10.0 Å². The molecule has 0 amide bonds. The molecule has 2 aromatic carbocycles. The van der Waals surface area contributed by atoms with Gasteiger partial charge < -0.3 is 15.5 Å². The number of rotatable bonds is 8. The van der Waals surface area contributed by atoms with E-state index in [1.165, 1.54) is 23.3 Å². The monoisotopic (exact) mass is 406 g/mol. The Kier molecular flexibility index (Phi) is 7.44. The Bertz CT molecular complexity index is 857. The van der Waals surface area contributed by atoms with Gasteiger partial charge in [-0.2, -0.15) is 0 Å². The second kappa shape index (κ2) is 9.57. The maximum absolute atomic E-state index is 11.7. The largest absolute Gasteiger partial charge is 0.375 e. The molecule has 0 saturated heterocycles. The quantitative estimate of drug-likeness (QED) is 0.519. The molecule has 0 bridgehead atoms. The van der Waals surface area contributed by atoms with E-state index in [0.717, 1.165) is 25.2 Å². The normalized spacial score (nSPS) is 10.9. The Balaban J connectivity index is 1.79. The van der Waals surface area contributed by atoms with E-state index >= 15 is 0 Å². The van der Waals surface area contributed by atoms with Gasteiger partial charge in [0.2, 0.25) is 10.0 Å². The molecule has 27 heavy (non-hydrogen) atoms. The third-order valence-electron chi connectivity index (χ3n) is 4.12. The van der Waals surface area contributed by atoms with Gasteiger partial charge in [0.1, 0.15) is 0 Å². The number of sulfonamides is 1. The molecule has 0 aliphatic heterocycles. The maximum atomic E-state index is 11.7. The van der Waals surface area contributed by atoms with E-state index in [1.54, 1.807) is 18.2 Å². The van der Waals surface area contributed by atoms with Crippen molar-refractivity contribution in [2.75, 3.05) is 48.0 Å². The third kappa shape index (κ3) is 6.73.